The molecular weight excluding hydrogens is 398 g/mol. The van der Waals surface area contributed by atoms with Crippen LogP contribution in [0.2, 0.25) is 0 Å². The van der Waals surface area contributed by atoms with Crippen molar-refractivity contribution in [2.45, 2.75) is 12.5 Å². The second-order valence-electron chi connectivity index (χ2n) is 7.32. The Morgan fingerprint density at radius 1 is 1.26 bits per heavy atom. The molecule has 0 aliphatic carbocycles. The van der Waals surface area contributed by atoms with E-state index in [1.54, 1.807) is 51.8 Å². The van der Waals surface area contributed by atoms with E-state index in [4.69, 9.17) is 5.26 Å². The topological polar surface area (TPSA) is 138 Å². The number of amides is 1. The Kier molecular flexibility index (Phi) is 4.05. The van der Waals surface area contributed by atoms with Gasteiger partial charge in [0.2, 0.25) is 5.91 Å². The number of pyridine rings is 1. The average Bonchev–Trinajstić information content (AvgIpc) is 3.27. The Morgan fingerprint density at radius 2 is 2.06 bits per heavy atom. The Balaban J connectivity index is 1.59. The lowest BCUT2D eigenvalue weighted by molar-refractivity contribution is -0.135. The molecule has 1 saturated heterocycles. The van der Waals surface area contributed by atoms with Crippen molar-refractivity contribution in [3.8, 4) is 23.5 Å². The summed E-state index contributed by atoms with van der Waals surface area (Å²) < 4.78 is 4.68. The zero-order valence-electron chi connectivity index (χ0n) is 16.4. The summed E-state index contributed by atoms with van der Waals surface area (Å²) in [5, 5.41) is 22.2. The fourth-order valence-electron chi connectivity index (χ4n) is 3.82. The molecule has 0 unspecified atom stereocenters. The number of carbonyl (C=O) groups is 1. The molecule has 152 valence electrons. The first kappa shape index (κ1) is 18.5. The van der Waals surface area contributed by atoms with Crippen LogP contribution in [0.25, 0.3) is 28.1 Å². The van der Waals surface area contributed by atoms with Gasteiger partial charge in [-0.1, -0.05) is 0 Å². The molecule has 0 spiro atoms. The predicted octanol–water partition coefficient (Wildman–Crippen LogP) is 0.613. The largest absolute Gasteiger partial charge is 0.337 e. The summed E-state index contributed by atoms with van der Waals surface area (Å²) in [6.07, 6.45) is 4.72. The van der Waals surface area contributed by atoms with Crippen LogP contribution in [0.4, 0.5) is 0 Å². The third-order valence-corrected chi connectivity index (χ3v) is 5.53. The fraction of sp³-hybridized carbons (Fsp3) is 0.250. The van der Waals surface area contributed by atoms with Crippen molar-refractivity contribution in [3.05, 3.63) is 46.8 Å². The molecule has 0 atom stereocenters. The highest BCUT2D eigenvalue weighted by Crippen LogP contribution is 2.27. The number of hydrogen-bond donors (Lipinski definition) is 0. The van der Waals surface area contributed by atoms with Crippen LogP contribution in [0.1, 0.15) is 18.0 Å². The number of aromatic nitrogens is 6. The first-order valence-electron chi connectivity index (χ1n) is 9.48. The smallest absolute Gasteiger partial charge is 0.330 e. The van der Waals surface area contributed by atoms with Gasteiger partial charge in [-0.15, -0.1) is 0 Å². The number of nitrogens with zero attached hydrogens (tertiary/aromatic N) is 9. The third kappa shape index (κ3) is 2.75. The van der Waals surface area contributed by atoms with Crippen molar-refractivity contribution >= 4 is 22.6 Å². The average molecular weight is 413 g/mol. The highest BCUT2D eigenvalue weighted by molar-refractivity contribution is 5.81. The Bertz CT molecular complexity index is 1510. The summed E-state index contributed by atoms with van der Waals surface area (Å²) in [6, 6.07) is 7.10. The Morgan fingerprint density at radius 3 is 2.81 bits per heavy atom. The molecule has 0 aromatic carbocycles. The van der Waals surface area contributed by atoms with E-state index in [9.17, 15) is 14.9 Å². The minimum absolute atomic E-state index is 0.178. The number of imidazole rings is 1. The minimum atomic E-state index is -0.248. The van der Waals surface area contributed by atoms with Crippen molar-refractivity contribution in [2.24, 2.45) is 7.05 Å². The van der Waals surface area contributed by atoms with E-state index in [2.05, 4.69) is 21.1 Å². The van der Waals surface area contributed by atoms with E-state index < -0.39 is 0 Å². The third-order valence-electron chi connectivity index (χ3n) is 5.53. The molecule has 31 heavy (non-hydrogen) atoms. The van der Waals surface area contributed by atoms with Crippen LogP contribution in [0, 0.1) is 22.7 Å². The van der Waals surface area contributed by atoms with Crippen LogP contribution < -0.4 is 5.69 Å². The highest BCUT2D eigenvalue weighted by Gasteiger charge is 2.34. The van der Waals surface area contributed by atoms with Gasteiger partial charge in [-0.05, 0) is 12.1 Å². The molecule has 0 N–H and O–H groups in total. The summed E-state index contributed by atoms with van der Waals surface area (Å²) in [5.74, 6) is 0.135. The standard InChI is InChI=1S/C20H15N9O2/c1-26-16-9-23-18(14-8-24-28-5-3-12(7-22)6-15(14)28)25-19(16)29(20(26)31)13-10-27(11-13)17(30)2-4-21/h3,5-6,8-9,13H,2,10-11H2,1H3. The maximum Gasteiger partial charge on any atom is 0.330 e. The highest BCUT2D eigenvalue weighted by atomic mass is 16.2. The van der Waals surface area contributed by atoms with Crippen LogP contribution in [0.3, 0.4) is 0 Å². The molecule has 1 amide bonds. The number of fused-ring (bicyclic) bond motifs is 2. The lowest BCUT2D eigenvalue weighted by Crippen LogP contribution is -2.52. The van der Waals surface area contributed by atoms with Crippen molar-refractivity contribution in [1.82, 2.24) is 33.6 Å². The normalized spacial score (nSPS) is 13.8. The lowest BCUT2D eigenvalue weighted by Gasteiger charge is -2.39. The van der Waals surface area contributed by atoms with E-state index in [0.717, 1.165) is 0 Å². The molecule has 4 aromatic heterocycles. The molecule has 0 radical (unpaired) electrons. The zero-order chi connectivity index (χ0) is 21.7. The van der Waals surface area contributed by atoms with Gasteiger partial charge >= 0.3 is 5.69 Å². The quantitative estimate of drug-likeness (QED) is 0.480. The molecule has 11 nitrogen and oxygen atoms in total. The molecule has 1 fully saturated rings. The molecule has 5 rings (SSSR count). The fourth-order valence-corrected chi connectivity index (χ4v) is 3.82. The van der Waals surface area contributed by atoms with Gasteiger partial charge in [0.15, 0.2) is 11.5 Å². The van der Waals surface area contributed by atoms with Gasteiger partial charge in [0.25, 0.3) is 0 Å². The van der Waals surface area contributed by atoms with E-state index in [0.29, 0.717) is 46.7 Å². The molecule has 5 heterocycles. The van der Waals surface area contributed by atoms with E-state index in [-0.39, 0.29) is 24.1 Å². The molecule has 1 aliphatic rings. The van der Waals surface area contributed by atoms with Gasteiger partial charge in [0, 0.05) is 26.3 Å². The predicted molar refractivity (Wildman–Crippen MR) is 108 cm³/mol. The van der Waals surface area contributed by atoms with Crippen LogP contribution in [0.15, 0.2) is 35.5 Å². The summed E-state index contributed by atoms with van der Waals surface area (Å²) in [6.45, 7) is 0.697. The Labute approximate surface area is 175 Å². The molecule has 11 heteroatoms. The van der Waals surface area contributed by atoms with Gasteiger partial charge in [-0.25, -0.2) is 19.3 Å². The summed E-state index contributed by atoms with van der Waals surface area (Å²) in [5.41, 5.74) is 2.60. The number of nitriles is 2. The van der Waals surface area contributed by atoms with E-state index >= 15 is 0 Å². The van der Waals surface area contributed by atoms with Crippen LogP contribution >= 0.6 is 0 Å². The number of carbonyl (C=O) groups excluding carboxylic acids is 1. The van der Waals surface area contributed by atoms with Gasteiger partial charge < -0.3 is 4.90 Å². The van der Waals surface area contributed by atoms with Gasteiger partial charge in [-0.3, -0.25) is 13.9 Å². The molecule has 0 bridgehead atoms. The summed E-state index contributed by atoms with van der Waals surface area (Å²) in [7, 11) is 1.65. The van der Waals surface area contributed by atoms with Crippen molar-refractivity contribution < 1.29 is 4.79 Å². The summed E-state index contributed by atoms with van der Waals surface area (Å²) in [4.78, 5) is 35.4. The zero-order valence-corrected chi connectivity index (χ0v) is 16.4. The van der Waals surface area contributed by atoms with Crippen molar-refractivity contribution in [2.75, 3.05) is 13.1 Å². The van der Waals surface area contributed by atoms with Crippen molar-refractivity contribution in [3.63, 3.8) is 0 Å². The second-order valence-corrected chi connectivity index (χ2v) is 7.32. The lowest BCUT2D eigenvalue weighted by atomic mass is 10.1. The van der Waals surface area contributed by atoms with Gasteiger partial charge in [0.05, 0.1) is 47.2 Å². The van der Waals surface area contributed by atoms with Crippen molar-refractivity contribution in [1.29, 1.82) is 10.5 Å². The van der Waals surface area contributed by atoms with Gasteiger partial charge in [-0.2, -0.15) is 15.6 Å². The summed E-state index contributed by atoms with van der Waals surface area (Å²) >= 11 is 0. The molecular formula is C20H15N9O2. The SMILES string of the molecule is Cn1c(=O)n(C2CN(C(=O)CC#N)C2)c2nc(-c3cnn4ccc(C#N)cc34)ncc21. The number of rotatable bonds is 3. The minimum Gasteiger partial charge on any atom is -0.337 e. The Hall–Kier alpha value is -4.51. The van der Waals surface area contributed by atoms with Crippen LogP contribution in [0.5, 0.6) is 0 Å². The maximum absolute atomic E-state index is 12.9. The second kappa shape index (κ2) is 6.78. The maximum atomic E-state index is 12.9. The number of hydrogen-bond acceptors (Lipinski definition) is 7. The van der Waals surface area contributed by atoms with Crippen LogP contribution in [-0.2, 0) is 11.8 Å². The first-order valence-corrected chi connectivity index (χ1v) is 9.48. The molecule has 1 aliphatic heterocycles. The molecule has 0 saturated carbocycles. The van der Waals surface area contributed by atoms with Crippen LogP contribution in [-0.4, -0.2) is 52.6 Å². The molecule has 4 aromatic rings. The van der Waals surface area contributed by atoms with E-state index in [1.807, 2.05) is 6.07 Å². The van der Waals surface area contributed by atoms with E-state index in [1.165, 1.54) is 4.57 Å². The number of likely N-dealkylation sites (tertiary alicyclic amines) is 1. The monoisotopic (exact) mass is 413 g/mol. The van der Waals surface area contributed by atoms with Gasteiger partial charge in [0.1, 0.15) is 11.9 Å². The first-order chi connectivity index (χ1) is 15.0. The number of aryl methyl sites for hydroxylation is 1.